The van der Waals surface area contributed by atoms with Gasteiger partial charge in [0.15, 0.2) is 11.5 Å². The Labute approximate surface area is 188 Å². The molecule has 0 atom stereocenters. The number of anilines is 1. The molecule has 1 saturated heterocycles. The number of nitro benzene ring substituents is 1. The molecule has 2 aromatic rings. The van der Waals surface area contributed by atoms with E-state index in [2.05, 4.69) is 5.32 Å². The highest BCUT2D eigenvalue weighted by atomic mass is 35.5. The Morgan fingerprint density at radius 3 is 2.69 bits per heavy atom. The van der Waals surface area contributed by atoms with Crippen LogP contribution in [0.4, 0.5) is 20.6 Å². The number of hydrogen-bond acceptors (Lipinski definition) is 8. The van der Waals surface area contributed by atoms with Gasteiger partial charge in [0.2, 0.25) is 12.7 Å². The number of benzene rings is 2. The number of nitro groups is 1. The number of carbonyl (C=O) groups excluding carboxylic acids is 3. The molecule has 10 nitrogen and oxygen atoms in total. The second-order valence-corrected chi connectivity index (χ2v) is 7.87. The molecule has 0 aromatic heterocycles. The first-order valence-corrected chi connectivity index (χ1v) is 10.0. The van der Waals surface area contributed by atoms with Crippen molar-refractivity contribution in [2.45, 2.75) is 0 Å². The number of nitrogens with zero attached hydrogens (tertiary/aromatic N) is 2. The van der Waals surface area contributed by atoms with Gasteiger partial charge in [-0.25, -0.2) is 4.39 Å². The SMILES string of the molecule is O=C(CN1C(=O)S/C(=C\c2cc3c(cc2[N+](=O)[O-])OCO3)C1=O)Nc1ccc(F)c(Cl)c1. The van der Waals surface area contributed by atoms with Crippen molar-refractivity contribution in [3.8, 4) is 11.5 Å². The zero-order valence-corrected chi connectivity index (χ0v) is 17.4. The molecule has 164 valence electrons. The molecular formula is C19H11ClFN3O7S. The second-order valence-electron chi connectivity index (χ2n) is 6.47. The van der Waals surface area contributed by atoms with Gasteiger partial charge in [-0.3, -0.25) is 29.4 Å². The van der Waals surface area contributed by atoms with Gasteiger partial charge in [-0.2, -0.15) is 0 Å². The van der Waals surface area contributed by atoms with Crippen LogP contribution in [0.5, 0.6) is 11.5 Å². The maximum Gasteiger partial charge on any atom is 0.294 e. The van der Waals surface area contributed by atoms with Gasteiger partial charge in [0.25, 0.3) is 16.8 Å². The molecule has 13 heteroatoms. The third-order valence-electron chi connectivity index (χ3n) is 4.38. The minimum atomic E-state index is -0.792. The molecule has 1 fully saturated rings. The summed E-state index contributed by atoms with van der Waals surface area (Å²) in [6, 6.07) is 6.00. The fourth-order valence-electron chi connectivity index (χ4n) is 2.92. The van der Waals surface area contributed by atoms with Crippen LogP contribution in [0, 0.1) is 15.9 Å². The number of carbonyl (C=O) groups is 3. The van der Waals surface area contributed by atoms with E-state index in [4.69, 9.17) is 21.1 Å². The molecular weight excluding hydrogens is 469 g/mol. The summed E-state index contributed by atoms with van der Waals surface area (Å²) in [6.45, 7) is -0.707. The fraction of sp³-hybridized carbons (Fsp3) is 0.105. The highest BCUT2D eigenvalue weighted by Gasteiger charge is 2.37. The average molecular weight is 480 g/mol. The Morgan fingerprint density at radius 2 is 2.00 bits per heavy atom. The number of nitrogens with one attached hydrogen (secondary N) is 1. The lowest BCUT2D eigenvalue weighted by atomic mass is 10.1. The monoisotopic (exact) mass is 479 g/mol. The highest BCUT2D eigenvalue weighted by molar-refractivity contribution is 8.18. The van der Waals surface area contributed by atoms with Gasteiger partial charge in [0, 0.05) is 5.69 Å². The number of imide groups is 1. The van der Waals surface area contributed by atoms with Crippen molar-refractivity contribution >= 4 is 57.9 Å². The first-order chi connectivity index (χ1) is 15.2. The van der Waals surface area contributed by atoms with Gasteiger partial charge in [0.1, 0.15) is 12.4 Å². The molecule has 0 unspecified atom stereocenters. The van der Waals surface area contributed by atoms with E-state index in [0.29, 0.717) is 16.7 Å². The standard InChI is InChI=1S/C19H11ClFN3O7S/c20-11-5-10(1-2-12(11)21)22-17(25)7-23-18(26)16(32-19(23)27)4-9-3-14-15(31-8-30-14)6-13(9)24(28)29/h1-6H,7-8H2,(H,22,25)/b16-4-. The zero-order chi connectivity index (χ0) is 23.0. The van der Waals surface area contributed by atoms with Gasteiger partial charge in [-0.05, 0) is 42.1 Å². The predicted octanol–water partition coefficient (Wildman–Crippen LogP) is 3.79. The van der Waals surface area contributed by atoms with E-state index in [1.165, 1.54) is 30.3 Å². The Morgan fingerprint density at radius 1 is 1.28 bits per heavy atom. The molecule has 2 aliphatic heterocycles. The van der Waals surface area contributed by atoms with Crippen LogP contribution in [0.25, 0.3) is 6.08 Å². The number of halogens is 2. The van der Waals surface area contributed by atoms with Crippen molar-refractivity contribution in [1.29, 1.82) is 0 Å². The van der Waals surface area contributed by atoms with E-state index in [1.54, 1.807) is 0 Å². The molecule has 32 heavy (non-hydrogen) atoms. The molecule has 1 N–H and O–H groups in total. The minimum absolute atomic E-state index is 0.0372. The summed E-state index contributed by atoms with van der Waals surface area (Å²) >= 11 is 6.20. The summed E-state index contributed by atoms with van der Waals surface area (Å²) in [5, 5.41) is 12.9. The van der Waals surface area contributed by atoms with E-state index in [1.807, 2.05) is 0 Å². The third kappa shape index (κ3) is 4.22. The molecule has 2 aliphatic rings. The normalized spacial score (nSPS) is 16.1. The van der Waals surface area contributed by atoms with Crippen LogP contribution in [0.1, 0.15) is 5.56 Å². The second kappa shape index (κ2) is 8.48. The van der Waals surface area contributed by atoms with E-state index >= 15 is 0 Å². The van der Waals surface area contributed by atoms with E-state index in [-0.39, 0.29) is 45.2 Å². The van der Waals surface area contributed by atoms with Crippen LogP contribution < -0.4 is 14.8 Å². The van der Waals surface area contributed by atoms with Crippen molar-refractivity contribution < 1.29 is 33.2 Å². The molecule has 4 rings (SSSR count). The van der Waals surface area contributed by atoms with Gasteiger partial charge >= 0.3 is 0 Å². The number of ether oxygens (including phenoxy) is 2. The molecule has 0 bridgehead atoms. The summed E-state index contributed by atoms with van der Waals surface area (Å²) in [5.41, 5.74) is -0.123. The number of rotatable bonds is 5. The van der Waals surface area contributed by atoms with Crippen LogP contribution in [-0.4, -0.2) is 40.2 Å². The number of fused-ring (bicyclic) bond motifs is 1. The number of hydrogen-bond donors (Lipinski definition) is 1. The van der Waals surface area contributed by atoms with Crippen LogP contribution >= 0.6 is 23.4 Å². The van der Waals surface area contributed by atoms with Gasteiger partial charge < -0.3 is 14.8 Å². The van der Waals surface area contributed by atoms with E-state index in [0.717, 1.165) is 6.07 Å². The van der Waals surface area contributed by atoms with E-state index in [9.17, 15) is 28.9 Å². The fourth-order valence-corrected chi connectivity index (χ4v) is 3.93. The van der Waals surface area contributed by atoms with E-state index < -0.39 is 34.3 Å². The lowest BCUT2D eigenvalue weighted by molar-refractivity contribution is -0.385. The van der Waals surface area contributed by atoms with Crippen LogP contribution in [0.2, 0.25) is 5.02 Å². The Bertz CT molecular complexity index is 1220. The van der Waals surface area contributed by atoms with Crippen LogP contribution in [-0.2, 0) is 9.59 Å². The van der Waals surface area contributed by atoms with Crippen molar-refractivity contribution in [2.24, 2.45) is 0 Å². The topological polar surface area (TPSA) is 128 Å². The van der Waals surface area contributed by atoms with Gasteiger partial charge in [0.05, 0.1) is 26.5 Å². The first kappa shape index (κ1) is 21.6. The Balaban J connectivity index is 1.53. The molecule has 0 radical (unpaired) electrons. The highest BCUT2D eigenvalue weighted by Crippen LogP contribution is 2.40. The largest absolute Gasteiger partial charge is 0.454 e. The molecule has 0 saturated carbocycles. The molecule has 2 aromatic carbocycles. The maximum absolute atomic E-state index is 13.2. The lowest BCUT2D eigenvalue weighted by Gasteiger charge is -2.12. The average Bonchev–Trinajstić information content (AvgIpc) is 3.29. The van der Waals surface area contributed by atoms with Crippen molar-refractivity contribution in [1.82, 2.24) is 4.90 Å². The number of thioether (sulfide) groups is 1. The third-order valence-corrected chi connectivity index (χ3v) is 5.58. The quantitative estimate of drug-likeness (QED) is 0.389. The summed E-state index contributed by atoms with van der Waals surface area (Å²) in [6.07, 6.45) is 1.18. The first-order valence-electron chi connectivity index (χ1n) is 8.81. The van der Waals surface area contributed by atoms with Crippen molar-refractivity contribution in [3.63, 3.8) is 0 Å². The Kier molecular flexibility index (Phi) is 5.72. The molecule has 3 amide bonds. The smallest absolute Gasteiger partial charge is 0.294 e. The summed E-state index contributed by atoms with van der Waals surface area (Å²) in [4.78, 5) is 48.5. The molecule has 0 aliphatic carbocycles. The minimum Gasteiger partial charge on any atom is -0.454 e. The summed E-state index contributed by atoms with van der Waals surface area (Å²) in [5.74, 6) is -1.72. The predicted molar refractivity (Wildman–Crippen MR) is 112 cm³/mol. The lowest BCUT2D eigenvalue weighted by Crippen LogP contribution is -2.36. The van der Waals surface area contributed by atoms with Gasteiger partial charge in [-0.15, -0.1) is 0 Å². The zero-order valence-electron chi connectivity index (χ0n) is 15.8. The Hall–Kier alpha value is -3.64. The molecule has 0 spiro atoms. The van der Waals surface area contributed by atoms with Crippen molar-refractivity contribution in [3.05, 3.63) is 61.8 Å². The van der Waals surface area contributed by atoms with Crippen LogP contribution in [0.3, 0.4) is 0 Å². The van der Waals surface area contributed by atoms with Crippen LogP contribution in [0.15, 0.2) is 35.2 Å². The summed E-state index contributed by atoms with van der Waals surface area (Å²) in [7, 11) is 0. The summed E-state index contributed by atoms with van der Waals surface area (Å²) < 4.78 is 23.6. The van der Waals surface area contributed by atoms with Gasteiger partial charge in [-0.1, -0.05) is 11.6 Å². The molecule has 2 heterocycles. The van der Waals surface area contributed by atoms with Crippen molar-refractivity contribution in [2.75, 3.05) is 18.7 Å². The maximum atomic E-state index is 13.2. The number of amides is 3.